The molecular formula is C10H16BNO2. The third kappa shape index (κ3) is 2.75. The number of nitrogens with two attached hydrogens (primary N) is 1. The second-order valence-electron chi connectivity index (χ2n) is 3.44. The van der Waals surface area contributed by atoms with Crippen molar-refractivity contribution in [3.05, 3.63) is 23.8 Å². The Morgan fingerprint density at radius 2 is 2.07 bits per heavy atom. The Morgan fingerprint density at radius 1 is 1.36 bits per heavy atom. The monoisotopic (exact) mass is 193 g/mol. The van der Waals surface area contributed by atoms with E-state index in [2.05, 4.69) is 6.92 Å². The highest BCUT2D eigenvalue weighted by Crippen LogP contribution is 2.08. The lowest BCUT2D eigenvalue weighted by Crippen LogP contribution is -2.32. The number of benzene rings is 1. The van der Waals surface area contributed by atoms with E-state index in [-0.39, 0.29) is 0 Å². The van der Waals surface area contributed by atoms with Crippen LogP contribution in [0.3, 0.4) is 0 Å². The summed E-state index contributed by atoms with van der Waals surface area (Å²) in [5.74, 6) is 0. The molecule has 0 spiro atoms. The maximum Gasteiger partial charge on any atom is 0.490 e. The summed E-state index contributed by atoms with van der Waals surface area (Å²) in [5.41, 5.74) is 7.65. The van der Waals surface area contributed by atoms with E-state index in [0.29, 0.717) is 11.2 Å². The fourth-order valence-electron chi connectivity index (χ4n) is 1.40. The van der Waals surface area contributed by atoms with Crippen molar-refractivity contribution in [3.8, 4) is 0 Å². The van der Waals surface area contributed by atoms with Crippen molar-refractivity contribution in [1.82, 2.24) is 0 Å². The normalized spacial score (nSPS) is 10.2. The largest absolute Gasteiger partial charge is 0.490 e. The summed E-state index contributed by atoms with van der Waals surface area (Å²) in [6, 6.07) is 5.37. The molecule has 14 heavy (non-hydrogen) atoms. The van der Waals surface area contributed by atoms with Crippen LogP contribution in [-0.2, 0) is 6.42 Å². The first-order valence-corrected chi connectivity index (χ1v) is 4.89. The summed E-state index contributed by atoms with van der Waals surface area (Å²) < 4.78 is 0. The Hall–Kier alpha value is -0.995. The molecule has 0 aliphatic heterocycles. The van der Waals surface area contributed by atoms with Crippen molar-refractivity contribution in [1.29, 1.82) is 0 Å². The first-order chi connectivity index (χ1) is 6.65. The molecular weight excluding hydrogens is 177 g/mol. The van der Waals surface area contributed by atoms with E-state index in [1.807, 2.05) is 12.1 Å². The average Bonchev–Trinajstić information content (AvgIpc) is 2.14. The smallest absolute Gasteiger partial charge is 0.423 e. The minimum Gasteiger partial charge on any atom is -0.423 e. The van der Waals surface area contributed by atoms with E-state index in [9.17, 15) is 0 Å². The number of unbranched alkanes of at least 4 members (excludes halogenated alkanes) is 1. The summed E-state index contributed by atoms with van der Waals surface area (Å²) in [6.45, 7) is 2.13. The molecule has 0 aromatic heterocycles. The van der Waals surface area contributed by atoms with E-state index in [4.69, 9.17) is 15.8 Å². The van der Waals surface area contributed by atoms with Gasteiger partial charge in [-0.3, -0.25) is 0 Å². The second kappa shape index (κ2) is 5.03. The van der Waals surface area contributed by atoms with Gasteiger partial charge in [0.2, 0.25) is 0 Å². The number of hydrogen-bond donors (Lipinski definition) is 3. The molecule has 1 aromatic rings. The molecule has 0 unspecified atom stereocenters. The Morgan fingerprint density at radius 3 is 2.57 bits per heavy atom. The zero-order chi connectivity index (χ0) is 10.6. The molecule has 0 saturated heterocycles. The van der Waals surface area contributed by atoms with Gasteiger partial charge in [-0.05, 0) is 24.5 Å². The molecule has 0 fully saturated rings. The number of nitrogen functional groups attached to an aromatic ring is 1. The van der Waals surface area contributed by atoms with Gasteiger partial charge in [0, 0.05) is 11.2 Å². The average molecular weight is 193 g/mol. The van der Waals surface area contributed by atoms with Crippen LogP contribution < -0.4 is 11.2 Å². The first kappa shape index (κ1) is 11.1. The van der Waals surface area contributed by atoms with Crippen LogP contribution in [0.1, 0.15) is 25.3 Å². The Bertz CT molecular complexity index is 302. The van der Waals surface area contributed by atoms with Gasteiger partial charge in [0.1, 0.15) is 0 Å². The van der Waals surface area contributed by atoms with Gasteiger partial charge < -0.3 is 15.8 Å². The molecule has 4 heteroatoms. The molecule has 0 aliphatic rings. The van der Waals surface area contributed by atoms with Crippen LogP contribution in [0.5, 0.6) is 0 Å². The summed E-state index contributed by atoms with van der Waals surface area (Å²) in [7, 11) is -1.48. The second-order valence-corrected chi connectivity index (χ2v) is 3.44. The maximum atomic E-state index is 8.95. The molecule has 4 N–H and O–H groups in total. The van der Waals surface area contributed by atoms with Crippen LogP contribution in [0, 0.1) is 0 Å². The zero-order valence-corrected chi connectivity index (χ0v) is 8.40. The lowest BCUT2D eigenvalue weighted by Gasteiger charge is -2.06. The van der Waals surface area contributed by atoms with E-state index >= 15 is 0 Å². The predicted octanol–water partition coefficient (Wildman–Crippen LogP) is 0.291. The van der Waals surface area contributed by atoms with Gasteiger partial charge >= 0.3 is 7.12 Å². The standard InChI is InChI=1S/C10H16BNO2/c1-2-3-4-8-5-6-9(11(13)14)10(12)7-8/h5-7,13-14H,2-4,12H2,1H3. The Labute approximate surface area is 84.7 Å². The third-order valence-corrected chi connectivity index (χ3v) is 2.25. The zero-order valence-electron chi connectivity index (χ0n) is 8.40. The van der Waals surface area contributed by atoms with Crippen molar-refractivity contribution in [2.75, 3.05) is 5.73 Å². The van der Waals surface area contributed by atoms with Gasteiger partial charge in [0.05, 0.1) is 0 Å². The van der Waals surface area contributed by atoms with Crippen LogP contribution in [0.2, 0.25) is 0 Å². The molecule has 0 aliphatic carbocycles. The van der Waals surface area contributed by atoms with Gasteiger partial charge in [-0.15, -0.1) is 0 Å². The van der Waals surface area contributed by atoms with E-state index in [1.165, 1.54) is 0 Å². The predicted molar refractivity (Wildman–Crippen MR) is 59.3 cm³/mol. The lowest BCUT2D eigenvalue weighted by molar-refractivity contribution is 0.426. The van der Waals surface area contributed by atoms with Crippen LogP contribution in [0.25, 0.3) is 0 Å². The van der Waals surface area contributed by atoms with Gasteiger partial charge in [0.15, 0.2) is 0 Å². The van der Waals surface area contributed by atoms with E-state index in [0.717, 1.165) is 24.8 Å². The highest BCUT2D eigenvalue weighted by Gasteiger charge is 2.14. The van der Waals surface area contributed by atoms with Gasteiger partial charge in [-0.1, -0.05) is 25.5 Å². The quantitative estimate of drug-likeness (QED) is 0.475. The molecule has 0 radical (unpaired) electrons. The summed E-state index contributed by atoms with van der Waals surface area (Å²) in [5, 5.41) is 17.9. The minimum atomic E-state index is -1.48. The first-order valence-electron chi connectivity index (χ1n) is 4.89. The summed E-state index contributed by atoms with van der Waals surface area (Å²) >= 11 is 0. The fourth-order valence-corrected chi connectivity index (χ4v) is 1.40. The summed E-state index contributed by atoms with van der Waals surface area (Å²) in [4.78, 5) is 0. The lowest BCUT2D eigenvalue weighted by atomic mass is 9.78. The van der Waals surface area contributed by atoms with Crippen molar-refractivity contribution in [3.63, 3.8) is 0 Å². The maximum absolute atomic E-state index is 8.95. The minimum absolute atomic E-state index is 0.380. The molecule has 0 saturated carbocycles. The number of hydrogen-bond acceptors (Lipinski definition) is 3. The van der Waals surface area contributed by atoms with Crippen LogP contribution in [0.4, 0.5) is 5.69 Å². The van der Waals surface area contributed by atoms with Crippen LogP contribution in [0.15, 0.2) is 18.2 Å². The van der Waals surface area contributed by atoms with Crippen LogP contribution >= 0.6 is 0 Å². The van der Waals surface area contributed by atoms with Crippen molar-refractivity contribution in [2.24, 2.45) is 0 Å². The molecule has 0 heterocycles. The number of rotatable bonds is 4. The van der Waals surface area contributed by atoms with E-state index in [1.54, 1.807) is 6.07 Å². The number of aryl methyl sites for hydroxylation is 1. The van der Waals surface area contributed by atoms with Crippen LogP contribution in [-0.4, -0.2) is 17.2 Å². The topological polar surface area (TPSA) is 66.5 Å². The SMILES string of the molecule is CCCCc1ccc(B(O)O)c(N)c1. The molecule has 3 nitrogen and oxygen atoms in total. The molecule has 0 atom stereocenters. The fraction of sp³-hybridized carbons (Fsp3) is 0.400. The van der Waals surface area contributed by atoms with Crippen molar-refractivity contribution in [2.45, 2.75) is 26.2 Å². The van der Waals surface area contributed by atoms with E-state index < -0.39 is 7.12 Å². The molecule has 0 bridgehead atoms. The number of anilines is 1. The van der Waals surface area contributed by atoms with Gasteiger partial charge in [0.25, 0.3) is 0 Å². The van der Waals surface area contributed by atoms with Crippen molar-refractivity contribution >= 4 is 18.3 Å². The van der Waals surface area contributed by atoms with Gasteiger partial charge in [-0.25, -0.2) is 0 Å². The Balaban J connectivity index is 2.78. The Kier molecular flexibility index (Phi) is 3.98. The molecule has 1 aromatic carbocycles. The summed E-state index contributed by atoms with van der Waals surface area (Å²) in [6.07, 6.45) is 3.26. The van der Waals surface area contributed by atoms with Crippen molar-refractivity contribution < 1.29 is 10.0 Å². The highest BCUT2D eigenvalue weighted by molar-refractivity contribution is 6.60. The molecule has 0 amide bonds. The van der Waals surface area contributed by atoms with Gasteiger partial charge in [-0.2, -0.15) is 0 Å². The highest BCUT2D eigenvalue weighted by atomic mass is 16.4. The molecule has 1 rings (SSSR count). The third-order valence-electron chi connectivity index (χ3n) is 2.25. The molecule has 76 valence electrons.